The number of amides is 2. The van der Waals surface area contributed by atoms with Gasteiger partial charge in [-0.05, 0) is 19.8 Å². The standard InChI is InChI=1S/C9H13F3N2O3/c1-5(7(15)16)13-8(17)14(6-2-3-6)4-9(10,11)12/h5-6H,2-4H2,1H3,(H,13,17)(H,15,16)/t5-/m0/s1. The van der Waals surface area contributed by atoms with E-state index in [2.05, 4.69) is 0 Å². The predicted octanol–water partition coefficient (Wildman–Crippen LogP) is 1.20. The fraction of sp³-hybridized carbons (Fsp3) is 0.778. The van der Waals surface area contributed by atoms with Crippen LogP contribution in [0.1, 0.15) is 19.8 Å². The van der Waals surface area contributed by atoms with Gasteiger partial charge in [0.15, 0.2) is 0 Å². The second-order valence-corrected chi connectivity index (χ2v) is 3.98. The molecule has 8 heteroatoms. The first-order valence-electron chi connectivity index (χ1n) is 5.07. The third-order valence-electron chi connectivity index (χ3n) is 2.31. The van der Waals surface area contributed by atoms with Crippen LogP contribution in [0.4, 0.5) is 18.0 Å². The average Bonchev–Trinajstić information content (AvgIpc) is 2.95. The van der Waals surface area contributed by atoms with Gasteiger partial charge in [0, 0.05) is 6.04 Å². The zero-order valence-corrected chi connectivity index (χ0v) is 9.12. The highest BCUT2D eigenvalue weighted by atomic mass is 19.4. The lowest BCUT2D eigenvalue weighted by Crippen LogP contribution is -2.50. The summed E-state index contributed by atoms with van der Waals surface area (Å²) in [5.74, 6) is -1.29. The zero-order chi connectivity index (χ0) is 13.2. The van der Waals surface area contributed by atoms with Crippen molar-refractivity contribution in [2.45, 2.75) is 38.0 Å². The van der Waals surface area contributed by atoms with Crippen molar-refractivity contribution in [1.29, 1.82) is 0 Å². The number of carboxylic acids is 1. The monoisotopic (exact) mass is 254 g/mol. The van der Waals surface area contributed by atoms with Crippen LogP contribution in [-0.2, 0) is 4.79 Å². The minimum atomic E-state index is -4.48. The highest BCUT2D eigenvalue weighted by Gasteiger charge is 2.41. The molecule has 17 heavy (non-hydrogen) atoms. The summed E-state index contributed by atoms with van der Waals surface area (Å²) in [4.78, 5) is 22.6. The number of carbonyl (C=O) groups excluding carboxylic acids is 1. The van der Waals surface area contributed by atoms with Crippen molar-refractivity contribution in [3.8, 4) is 0 Å². The fourth-order valence-corrected chi connectivity index (χ4v) is 1.28. The lowest BCUT2D eigenvalue weighted by molar-refractivity contribution is -0.141. The molecule has 0 spiro atoms. The van der Waals surface area contributed by atoms with E-state index in [0.29, 0.717) is 17.7 Å². The first-order chi connectivity index (χ1) is 7.70. The van der Waals surface area contributed by atoms with Gasteiger partial charge >= 0.3 is 18.2 Å². The summed E-state index contributed by atoms with van der Waals surface area (Å²) in [6, 6.07) is -2.63. The molecule has 0 aromatic carbocycles. The van der Waals surface area contributed by atoms with Crippen molar-refractivity contribution in [2.24, 2.45) is 0 Å². The number of hydrogen-bond donors (Lipinski definition) is 2. The van der Waals surface area contributed by atoms with Crippen molar-refractivity contribution >= 4 is 12.0 Å². The van der Waals surface area contributed by atoms with Gasteiger partial charge in [-0.1, -0.05) is 0 Å². The molecule has 5 nitrogen and oxygen atoms in total. The maximum Gasteiger partial charge on any atom is 0.406 e. The number of carbonyl (C=O) groups is 2. The molecule has 2 amide bonds. The maximum atomic E-state index is 12.2. The number of nitrogens with zero attached hydrogens (tertiary/aromatic N) is 1. The lowest BCUT2D eigenvalue weighted by atomic mass is 10.3. The van der Waals surface area contributed by atoms with E-state index in [1.165, 1.54) is 6.92 Å². The van der Waals surface area contributed by atoms with Gasteiger partial charge in [-0.2, -0.15) is 13.2 Å². The van der Waals surface area contributed by atoms with Crippen molar-refractivity contribution in [3.63, 3.8) is 0 Å². The second-order valence-electron chi connectivity index (χ2n) is 3.98. The summed E-state index contributed by atoms with van der Waals surface area (Å²) < 4.78 is 36.6. The molecule has 1 atom stereocenters. The van der Waals surface area contributed by atoms with Crippen molar-refractivity contribution in [2.75, 3.05) is 6.54 Å². The molecule has 1 rings (SSSR count). The van der Waals surface area contributed by atoms with Crippen LogP contribution in [0, 0.1) is 0 Å². The summed E-state index contributed by atoms with van der Waals surface area (Å²) in [7, 11) is 0. The summed E-state index contributed by atoms with van der Waals surface area (Å²) >= 11 is 0. The largest absolute Gasteiger partial charge is 0.480 e. The number of alkyl halides is 3. The minimum absolute atomic E-state index is 0.433. The van der Waals surface area contributed by atoms with Crippen LogP contribution in [0.25, 0.3) is 0 Å². The zero-order valence-electron chi connectivity index (χ0n) is 9.12. The molecule has 0 heterocycles. The van der Waals surface area contributed by atoms with Gasteiger partial charge in [-0.3, -0.25) is 4.79 Å². The molecular formula is C9H13F3N2O3. The topological polar surface area (TPSA) is 69.6 Å². The lowest BCUT2D eigenvalue weighted by Gasteiger charge is -2.25. The molecule has 0 radical (unpaired) electrons. The van der Waals surface area contributed by atoms with Crippen LogP contribution < -0.4 is 5.32 Å². The Bertz CT molecular complexity index is 315. The molecule has 1 aliphatic carbocycles. The van der Waals surface area contributed by atoms with Gasteiger partial charge in [0.1, 0.15) is 12.6 Å². The van der Waals surface area contributed by atoms with Gasteiger partial charge in [-0.25, -0.2) is 4.79 Å². The van der Waals surface area contributed by atoms with Gasteiger partial charge in [-0.15, -0.1) is 0 Å². The average molecular weight is 254 g/mol. The Hall–Kier alpha value is -1.47. The minimum Gasteiger partial charge on any atom is -0.480 e. The van der Waals surface area contributed by atoms with Crippen LogP contribution in [-0.4, -0.2) is 46.8 Å². The molecule has 98 valence electrons. The second kappa shape index (κ2) is 4.80. The summed E-state index contributed by atoms with van der Waals surface area (Å²) in [6.07, 6.45) is -3.44. The van der Waals surface area contributed by atoms with Gasteiger partial charge < -0.3 is 15.3 Å². The number of hydrogen-bond acceptors (Lipinski definition) is 2. The third kappa shape index (κ3) is 4.49. The van der Waals surface area contributed by atoms with E-state index in [1.54, 1.807) is 0 Å². The molecule has 0 aromatic rings. The van der Waals surface area contributed by atoms with Gasteiger partial charge in [0.25, 0.3) is 0 Å². The molecule has 0 saturated heterocycles. The van der Waals surface area contributed by atoms with E-state index >= 15 is 0 Å². The van der Waals surface area contributed by atoms with E-state index in [0.717, 1.165) is 0 Å². The Kier molecular flexibility index (Phi) is 3.84. The normalized spacial score (nSPS) is 17.4. The Labute approximate surface area is 95.6 Å². The highest BCUT2D eigenvalue weighted by Crippen LogP contribution is 2.30. The number of urea groups is 1. The smallest absolute Gasteiger partial charge is 0.406 e. The first kappa shape index (κ1) is 13.6. The van der Waals surface area contributed by atoms with Crippen molar-refractivity contribution in [1.82, 2.24) is 10.2 Å². The molecule has 1 fully saturated rings. The van der Waals surface area contributed by atoms with Crippen LogP contribution in [0.15, 0.2) is 0 Å². The highest BCUT2D eigenvalue weighted by molar-refractivity contribution is 5.82. The fourth-order valence-electron chi connectivity index (χ4n) is 1.28. The molecule has 0 aliphatic heterocycles. The maximum absolute atomic E-state index is 12.2. The molecule has 2 N–H and O–H groups in total. The van der Waals surface area contributed by atoms with Gasteiger partial charge in [0.05, 0.1) is 0 Å². The van der Waals surface area contributed by atoms with E-state index in [4.69, 9.17) is 5.11 Å². The summed E-state index contributed by atoms with van der Waals surface area (Å²) in [6.45, 7) is -0.158. The van der Waals surface area contributed by atoms with E-state index in [9.17, 15) is 22.8 Å². The van der Waals surface area contributed by atoms with E-state index in [1.807, 2.05) is 5.32 Å². The molecule has 1 saturated carbocycles. The van der Waals surface area contributed by atoms with Crippen LogP contribution in [0.5, 0.6) is 0 Å². The predicted molar refractivity (Wildman–Crippen MR) is 51.4 cm³/mol. The summed E-state index contributed by atoms with van der Waals surface area (Å²) in [5.41, 5.74) is 0. The van der Waals surface area contributed by atoms with Gasteiger partial charge in [0.2, 0.25) is 0 Å². The van der Waals surface area contributed by atoms with Crippen LogP contribution in [0.3, 0.4) is 0 Å². The van der Waals surface area contributed by atoms with E-state index < -0.39 is 36.8 Å². The Morgan fingerprint density at radius 2 is 2.00 bits per heavy atom. The summed E-state index contributed by atoms with van der Waals surface area (Å²) in [5, 5.41) is 10.6. The number of nitrogens with one attached hydrogen (secondary N) is 1. The quantitative estimate of drug-likeness (QED) is 0.791. The molecule has 0 unspecified atom stereocenters. The molecular weight excluding hydrogens is 241 g/mol. The Morgan fingerprint density at radius 1 is 1.47 bits per heavy atom. The number of carboxylic acid groups (broad SMARTS) is 1. The van der Waals surface area contributed by atoms with Crippen LogP contribution in [0.2, 0.25) is 0 Å². The number of aliphatic carboxylic acids is 1. The Balaban J connectivity index is 2.58. The number of rotatable bonds is 4. The molecule has 0 bridgehead atoms. The first-order valence-corrected chi connectivity index (χ1v) is 5.07. The molecule has 1 aliphatic rings. The van der Waals surface area contributed by atoms with Crippen LogP contribution >= 0.6 is 0 Å². The number of halogens is 3. The molecule has 0 aromatic heterocycles. The Morgan fingerprint density at radius 3 is 2.35 bits per heavy atom. The SMILES string of the molecule is C[C@H](NC(=O)N(CC(F)(F)F)C1CC1)C(=O)O. The van der Waals surface area contributed by atoms with Crippen molar-refractivity contribution in [3.05, 3.63) is 0 Å². The van der Waals surface area contributed by atoms with E-state index in [-0.39, 0.29) is 0 Å². The third-order valence-corrected chi connectivity index (χ3v) is 2.31. The van der Waals surface area contributed by atoms with Crippen molar-refractivity contribution < 1.29 is 27.9 Å².